The van der Waals surface area contributed by atoms with Crippen molar-refractivity contribution in [3.63, 3.8) is 0 Å². The number of nitrogens with one attached hydrogen (secondary N) is 1. The van der Waals surface area contributed by atoms with Crippen molar-refractivity contribution in [2.45, 2.75) is 52.7 Å². The van der Waals surface area contributed by atoms with Crippen molar-refractivity contribution in [2.24, 2.45) is 0 Å². The molecule has 0 spiro atoms. The molecule has 0 aliphatic carbocycles. The fourth-order valence-corrected chi connectivity index (χ4v) is 5.15. The molecule has 35 heavy (non-hydrogen) atoms. The molecular weight excluding hydrogens is 462 g/mol. The lowest BCUT2D eigenvalue weighted by atomic mass is 10.1. The number of rotatable bonds is 7. The third-order valence-electron chi connectivity index (χ3n) is 6.09. The number of benzene rings is 1. The van der Waals surface area contributed by atoms with Crippen molar-refractivity contribution in [3.05, 3.63) is 77.1 Å². The highest BCUT2D eigenvalue weighted by Crippen LogP contribution is 2.31. The molecule has 0 saturated heterocycles. The molecule has 2 atom stereocenters. The van der Waals surface area contributed by atoms with E-state index in [0.717, 1.165) is 33.5 Å². The van der Waals surface area contributed by atoms with E-state index in [-0.39, 0.29) is 5.95 Å². The first-order chi connectivity index (χ1) is 16.6. The van der Waals surface area contributed by atoms with Crippen LogP contribution in [0.2, 0.25) is 0 Å². The molecule has 3 aromatic heterocycles. The quantitative estimate of drug-likeness (QED) is 0.410. The van der Waals surface area contributed by atoms with Gasteiger partial charge in [0.05, 0.1) is 10.9 Å². The van der Waals surface area contributed by atoms with E-state index >= 15 is 0 Å². The number of pyridine rings is 1. The number of para-hydroxylation sites is 1. The summed E-state index contributed by atoms with van der Waals surface area (Å²) in [5, 5.41) is 7.80. The van der Waals surface area contributed by atoms with Gasteiger partial charge in [-0.15, -0.1) is 10.2 Å². The number of anilines is 1. The second-order valence-corrected chi connectivity index (χ2v) is 11.0. The summed E-state index contributed by atoms with van der Waals surface area (Å²) in [6, 6.07) is 7.84. The van der Waals surface area contributed by atoms with E-state index in [4.69, 9.17) is 0 Å². The van der Waals surface area contributed by atoms with Gasteiger partial charge in [-0.25, -0.2) is 18.4 Å². The van der Waals surface area contributed by atoms with Crippen LogP contribution in [-0.4, -0.2) is 43.4 Å². The average Bonchev–Trinajstić information content (AvgIpc) is 3.21. The molecule has 0 radical (unpaired) electrons. The van der Waals surface area contributed by atoms with Gasteiger partial charge in [0.1, 0.15) is 5.82 Å². The van der Waals surface area contributed by atoms with Crippen molar-refractivity contribution in [1.82, 2.24) is 29.7 Å². The first kappa shape index (κ1) is 24.5. The maximum Gasteiger partial charge on any atom is 0.243 e. The van der Waals surface area contributed by atoms with Crippen LogP contribution in [0.25, 0.3) is 17.1 Å². The second-order valence-electron chi connectivity index (χ2n) is 8.93. The Kier molecular flexibility index (Phi) is 6.66. The normalized spacial score (nSPS) is 13.4. The Morgan fingerprint density at radius 2 is 1.54 bits per heavy atom. The lowest BCUT2D eigenvalue weighted by Crippen LogP contribution is -2.31. The summed E-state index contributed by atoms with van der Waals surface area (Å²) in [4.78, 5) is 12.9. The van der Waals surface area contributed by atoms with Crippen molar-refractivity contribution in [2.75, 3.05) is 4.72 Å². The maximum atomic E-state index is 13.5. The third kappa shape index (κ3) is 4.93. The number of hydrogen-bond donors (Lipinski definition) is 1. The van der Waals surface area contributed by atoms with Crippen molar-refractivity contribution < 1.29 is 8.42 Å². The molecule has 4 rings (SSSR count). The van der Waals surface area contributed by atoms with E-state index < -0.39 is 21.2 Å². The third-order valence-corrected chi connectivity index (χ3v) is 7.95. The molecule has 0 unspecified atom stereocenters. The van der Waals surface area contributed by atoms with Crippen LogP contribution < -0.4 is 4.72 Å². The highest BCUT2D eigenvalue weighted by atomic mass is 32.2. The molecule has 4 aromatic rings. The molecule has 3 heterocycles. The summed E-state index contributed by atoms with van der Waals surface area (Å²) in [6.45, 7) is 11.2. The molecule has 0 saturated carbocycles. The Bertz CT molecular complexity index is 1440. The highest BCUT2D eigenvalue weighted by molar-refractivity contribution is 7.93. The Morgan fingerprint density at radius 1 is 0.886 bits per heavy atom. The van der Waals surface area contributed by atoms with Crippen LogP contribution in [0.5, 0.6) is 0 Å². The molecule has 0 amide bonds. The van der Waals surface area contributed by atoms with Crippen molar-refractivity contribution >= 4 is 16.0 Å². The van der Waals surface area contributed by atoms with Crippen LogP contribution in [-0.2, 0) is 10.0 Å². The van der Waals surface area contributed by atoms with E-state index in [2.05, 4.69) is 29.9 Å². The Labute approximate surface area is 205 Å². The van der Waals surface area contributed by atoms with Crippen LogP contribution in [0.4, 0.5) is 5.95 Å². The molecule has 0 bridgehead atoms. The predicted octanol–water partition coefficient (Wildman–Crippen LogP) is 4.29. The molecule has 1 N–H and O–H groups in total. The average molecular weight is 492 g/mol. The van der Waals surface area contributed by atoms with Crippen LogP contribution in [0.15, 0.2) is 49.1 Å². The van der Waals surface area contributed by atoms with E-state index in [1.54, 1.807) is 43.2 Å². The molecule has 0 aliphatic heterocycles. The number of aryl methyl sites for hydroxylation is 4. The molecule has 1 aromatic carbocycles. The Morgan fingerprint density at radius 3 is 2.17 bits per heavy atom. The molecule has 0 fully saturated rings. The fraction of sp³-hybridized carbons (Fsp3) is 0.320. The van der Waals surface area contributed by atoms with Gasteiger partial charge in [0.15, 0.2) is 5.82 Å². The van der Waals surface area contributed by atoms with Gasteiger partial charge in [-0.3, -0.25) is 14.3 Å². The van der Waals surface area contributed by atoms with E-state index in [0.29, 0.717) is 11.6 Å². The number of nitrogens with zero attached hydrogens (tertiary/aromatic N) is 6. The standard InChI is InChI=1S/C25H29N7O2S/c1-15-10-21(14-26-11-15)24-29-30-25(32(24)22-17(3)8-7-9-18(22)4)31-35(33,34)20(6)19(5)23-27-12-16(2)13-28-23/h7-14,19-20H,1-6H3,(H,30,31)/t19-,20-/m0/s1. The van der Waals surface area contributed by atoms with Crippen molar-refractivity contribution in [1.29, 1.82) is 0 Å². The monoisotopic (exact) mass is 491 g/mol. The molecule has 0 aliphatic rings. The fourth-order valence-electron chi connectivity index (χ4n) is 3.92. The largest absolute Gasteiger partial charge is 0.264 e. The maximum absolute atomic E-state index is 13.5. The zero-order chi connectivity index (χ0) is 25.3. The minimum atomic E-state index is -3.87. The topological polar surface area (TPSA) is 116 Å². The zero-order valence-electron chi connectivity index (χ0n) is 20.7. The van der Waals surface area contributed by atoms with E-state index in [1.807, 2.05) is 52.0 Å². The zero-order valence-corrected chi connectivity index (χ0v) is 21.5. The van der Waals surface area contributed by atoms with Crippen LogP contribution in [0.3, 0.4) is 0 Å². The van der Waals surface area contributed by atoms with Gasteiger partial charge >= 0.3 is 0 Å². The van der Waals surface area contributed by atoms with Gasteiger partial charge in [0, 0.05) is 36.3 Å². The summed E-state index contributed by atoms with van der Waals surface area (Å²) < 4.78 is 31.4. The lowest BCUT2D eigenvalue weighted by molar-refractivity contribution is 0.567. The van der Waals surface area contributed by atoms with Crippen LogP contribution in [0.1, 0.15) is 47.8 Å². The molecular formula is C25H29N7O2S. The Hall–Kier alpha value is -3.66. The van der Waals surface area contributed by atoms with Gasteiger partial charge < -0.3 is 0 Å². The number of aromatic nitrogens is 6. The first-order valence-corrected chi connectivity index (χ1v) is 12.9. The Balaban J connectivity index is 1.79. The summed E-state index contributed by atoms with van der Waals surface area (Å²) in [6.07, 6.45) is 6.82. The van der Waals surface area contributed by atoms with Gasteiger partial charge in [-0.2, -0.15) is 0 Å². The summed E-state index contributed by atoms with van der Waals surface area (Å²) in [5.41, 5.74) is 5.34. The minimum Gasteiger partial charge on any atom is -0.264 e. The molecule has 182 valence electrons. The van der Waals surface area contributed by atoms with Gasteiger partial charge in [0.2, 0.25) is 16.0 Å². The number of hydrogen-bond acceptors (Lipinski definition) is 7. The van der Waals surface area contributed by atoms with Crippen molar-refractivity contribution in [3.8, 4) is 17.1 Å². The highest BCUT2D eigenvalue weighted by Gasteiger charge is 2.31. The SMILES string of the molecule is Cc1cnc([C@@H](C)[C@H](C)S(=O)(=O)Nc2nnc(-c3cncc(C)c3)n2-c2c(C)cccc2C)nc1. The smallest absolute Gasteiger partial charge is 0.243 e. The first-order valence-electron chi connectivity index (χ1n) is 11.3. The lowest BCUT2D eigenvalue weighted by Gasteiger charge is -2.21. The predicted molar refractivity (Wildman–Crippen MR) is 136 cm³/mol. The second kappa shape index (κ2) is 9.53. The van der Waals surface area contributed by atoms with Crippen LogP contribution >= 0.6 is 0 Å². The molecule has 9 nitrogen and oxygen atoms in total. The van der Waals surface area contributed by atoms with E-state index in [1.165, 1.54) is 0 Å². The van der Waals surface area contributed by atoms with E-state index in [9.17, 15) is 8.42 Å². The summed E-state index contributed by atoms with van der Waals surface area (Å²) >= 11 is 0. The minimum absolute atomic E-state index is 0.114. The number of sulfonamides is 1. The molecule has 10 heteroatoms. The summed E-state index contributed by atoms with van der Waals surface area (Å²) in [5.74, 6) is 0.642. The van der Waals surface area contributed by atoms with Gasteiger partial charge in [0.25, 0.3) is 0 Å². The van der Waals surface area contributed by atoms with Crippen LogP contribution in [0, 0.1) is 27.7 Å². The van der Waals surface area contributed by atoms with Gasteiger partial charge in [-0.05, 0) is 62.9 Å². The van der Waals surface area contributed by atoms with Gasteiger partial charge in [-0.1, -0.05) is 25.1 Å². The summed E-state index contributed by atoms with van der Waals surface area (Å²) in [7, 11) is -3.87.